The minimum Gasteiger partial charge on any atom is -0.454 e. The zero-order valence-corrected chi connectivity index (χ0v) is 20.7. The molecule has 1 amide bonds. The first-order valence-electron chi connectivity index (χ1n) is 10.5. The molecule has 0 spiro atoms. The zero-order valence-electron chi connectivity index (χ0n) is 18.3. The summed E-state index contributed by atoms with van der Waals surface area (Å²) in [5.74, 6) is 0.607. The van der Waals surface area contributed by atoms with Crippen LogP contribution in [0.5, 0.6) is 11.5 Å². The zero-order chi connectivity index (χ0) is 24.1. The quantitative estimate of drug-likeness (QED) is 0.341. The molecule has 3 aromatic rings. The monoisotopic (exact) mass is 543 g/mol. The highest BCUT2D eigenvalue weighted by Gasteiger charge is 2.28. The fraction of sp³-hybridized carbons (Fsp3) is 0.167. The van der Waals surface area contributed by atoms with Gasteiger partial charge in [-0.1, -0.05) is 43.3 Å². The molecule has 0 radical (unpaired) electrons. The predicted octanol–water partition coefficient (Wildman–Crippen LogP) is 4.09. The smallest absolute Gasteiger partial charge is 0.264 e. The number of halogens is 1. The molecule has 1 aliphatic heterocycles. The van der Waals surface area contributed by atoms with Gasteiger partial charge in [-0.15, -0.1) is 0 Å². The molecular weight excluding hydrogens is 522 g/mol. The molecule has 10 heteroatoms. The maximum absolute atomic E-state index is 13.5. The molecular formula is C24H22BrN3O5S. The lowest BCUT2D eigenvalue weighted by Gasteiger charge is -2.25. The van der Waals surface area contributed by atoms with Gasteiger partial charge in [-0.05, 0) is 58.2 Å². The summed E-state index contributed by atoms with van der Waals surface area (Å²) in [6.45, 7) is 1.64. The lowest BCUT2D eigenvalue weighted by atomic mass is 10.1. The summed E-state index contributed by atoms with van der Waals surface area (Å²) in [7, 11) is -3.99. The predicted molar refractivity (Wildman–Crippen MR) is 133 cm³/mol. The van der Waals surface area contributed by atoms with E-state index in [9.17, 15) is 13.2 Å². The summed E-state index contributed by atoms with van der Waals surface area (Å²) in [5.41, 5.74) is 4.34. The first-order chi connectivity index (χ1) is 16.4. The Balaban J connectivity index is 1.57. The molecule has 0 aromatic heterocycles. The Morgan fingerprint density at radius 3 is 2.50 bits per heavy atom. The summed E-state index contributed by atoms with van der Waals surface area (Å²) in [6.07, 6.45) is 2.05. The number of hydrogen-bond donors (Lipinski definition) is 1. The SMILES string of the molecule is CCc1ccccc1N(CC(=O)N/N=C\c1cc2c(cc1Br)OCO2)S(=O)(=O)c1ccccc1. The fourth-order valence-electron chi connectivity index (χ4n) is 3.44. The van der Waals surface area contributed by atoms with Gasteiger partial charge in [-0.25, -0.2) is 13.8 Å². The van der Waals surface area contributed by atoms with E-state index in [0.717, 1.165) is 9.87 Å². The van der Waals surface area contributed by atoms with Crippen LogP contribution in [0.3, 0.4) is 0 Å². The third-order valence-electron chi connectivity index (χ3n) is 5.14. The van der Waals surface area contributed by atoms with E-state index < -0.39 is 22.5 Å². The Labute approximate surface area is 206 Å². The lowest BCUT2D eigenvalue weighted by molar-refractivity contribution is -0.119. The Bertz CT molecular complexity index is 1330. The van der Waals surface area contributed by atoms with Crippen LogP contribution >= 0.6 is 15.9 Å². The molecule has 8 nitrogen and oxygen atoms in total. The van der Waals surface area contributed by atoms with E-state index in [2.05, 4.69) is 26.5 Å². The van der Waals surface area contributed by atoms with Crippen molar-refractivity contribution in [2.24, 2.45) is 5.10 Å². The number of carbonyl (C=O) groups is 1. The Morgan fingerprint density at radius 2 is 1.76 bits per heavy atom. The number of para-hydroxylation sites is 1. The summed E-state index contributed by atoms with van der Waals surface area (Å²) in [6, 6.07) is 18.6. The number of aryl methyl sites for hydroxylation is 1. The van der Waals surface area contributed by atoms with Crippen molar-refractivity contribution in [3.63, 3.8) is 0 Å². The van der Waals surface area contributed by atoms with E-state index >= 15 is 0 Å². The van der Waals surface area contributed by atoms with Gasteiger partial charge in [-0.3, -0.25) is 9.10 Å². The second kappa shape index (κ2) is 10.3. The van der Waals surface area contributed by atoms with Crippen LogP contribution in [0.4, 0.5) is 5.69 Å². The Kier molecular flexibility index (Phi) is 7.18. The molecule has 0 bridgehead atoms. The van der Waals surface area contributed by atoms with Crippen LogP contribution in [-0.2, 0) is 21.2 Å². The minimum atomic E-state index is -3.99. The van der Waals surface area contributed by atoms with Crippen molar-refractivity contribution in [2.45, 2.75) is 18.2 Å². The third-order valence-corrected chi connectivity index (χ3v) is 7.61. The van der Waals surface area contributed by atoms with Crippen molar-refractivity contribution < 1.29 is 22.7 Å². The maximum Gasteiger partial charge on any atom is 0.264 e. The molecule has 0 fully saturated rings. The van der Waals surface area contributed by atoms with E-state index in [1.165, 1.54) is 18.3 Å². The topological polar surface area (TPSA) is 97.3 Å². The van der Waals surface area contributed by atoms with E-state index in [1.54, 1.807) is 42.5 Å². The third kappa shape index (κ3) is 5.07. The van der Waals surface area contributed by atoms with Gasteiger partial charge in [0.15, 0.2) is 11.5 Å². The lowest BCUT2D eigenvalue weighted by Crippen LogP contribution is -2.40. The Hall–Kier alpha value is -3.37. The largest absolute Gasteiger partial charge is 0.454 e. The molecule has 1 heterocycles. The second-order valence-electron chi connectivity index (χ2n) is 7.33. The summed E-state index contributed by atoms with van der Waals surface area (Å²) >= 11 is 3.43. The van der Waals surface area contributed by atoms with Gasteiger partial charge in [0.25, 0.3) is 15.9 Å². The highest BCUT2D eigenvalue weighted by Crippen LogP contribution is 2.36. The number of rotatable bonds is 8. The number of carbonyl (C=O) groups excluding carboxylic acids is 1. The average Bonchev–Trinajstić information content (AvgIpc) is 3.30. The Morgan fingerprint density at radius 1 is 1.09 bits per heavy atom. The summed E-state index contributed by atoms with van der Waals surface area (Å²) < 4.78 is 39.4. The maximum atomic E-state index is 13.5. The number of anilines is 1. The van der Waals surface area contributed by atoms with Crippen LogP contribution in [0.1, 0.15) is 18.1 Å². The number of benzene rings is 3. The number of ether oxygens (including phenoxy) is 2. The van der Waals surface area contributed by atoms with Crippen molar-refractivity contribution in [3.05, 3.63) is 82.3 Å². The van der Waals surface area contributed by atoms with E-state index in [4.69, 9.17) is 9.47 Å². The van der Waals surface area contributed by atoms with Crippen LogP contribution in [0.25, 0.3) is 0 Å². The van der Waals surface area contributed by atoms with E-state index in [-0.39, 0.29) is 11.7 Å². The summed E-state index contributed by atoms with van der Waals surface area (Å²) in [5, 5.41) is 4.00. The number of hydrogen-bond acceptors (Lipinski definition) is 6. The van der Waals surface area contributed by atoms with Crippen molar-refractivity contribution in [2.75, 3.05) is 17.6 Å². The standard InChI is InChI=1S/C24H22BrN3O5S/c1-2-17-8-6-7-11-21(17)28(34(30,31)19-9-4-3-5-10-19)15-24(29)27-26-14-18-12-22-23(13-20(18)25)33-16-32-22/h3-14H,2,15-16H2,1H3,(H,27,29)/b26-14-. The van der Waals surface area contributed by atoms with E-state index in [0.29, 0.717) is 33.6 Å². The number of nitrogens with one attached hydrogen (secondary N) is 1. The molecule has 1 aliphatic rings. The van der Waals surface area contributed by atoms with E-state index in [1.807, 2.05) is 19.1 Å². The average molecular weight is 544 g/mol. The number of sulfonamides is 1. The van der Waals surface area contributed by atoms with Gasteiger partial charge >= 0.3 is 0 Å². The van der Waals surface area contributed by atoms with Crippen molar-refractivity contribution in [1.29, 1.82) is 0 Å². The van der Waals surface area contributed by atoms with Crippen LogP contribution in [0.2, 0.25) is 0 Å². The molecule has 3 aromatic carbocycles. The first-order valence-corrected chi connectivity index (χ1v) is 12.7. The van der Waals surface area contributed by atoms with Crippen molar-refractivity contribution in [1.82, 2.24) is 5.43 Å². The number of hydrazone groups is 1. The molecule has 0 aliphatic carbocycles. The van der Waals surface area contributed by atoms with Gasteiger partial charge in [0.2, 0.25) is 6.79 Å². The number of amides is 1. The highest BCUT2D eigenvalue weighted by molar-refractivity contribution is 9.10. The molecule has 176 valence electrons. The number of fused-ring (bicyclic) bond motifs is 1. The van der Waals surface area contributed by atoms with Crippen molar-refractivity contribution in [3.8, 4) is 11.5 Å². The van der Waals surface area contributed by atoms with Crippen LogP contribution in [0, 0.1) is 0 Å². The molecule has 0 saturated carbocycles. The molecule has 34 heavy (non-hydrogen) atoms. The van der Waals surface area contributed by atoms with Crippen LogP contribution in [0.15, 0.2) is 81.2 Å². The fourth-order valence-corrected chi connectivity index (χ4v) is 5.35. The van der Waals surface area contributed by atoms with Gasteiger partial charge in [-0.2, -0.15) is 5.10 Å². The molecule has 0 saturated heterocycles. The van der Waals surface area contributed by atoms with Crippen LogP contribution < -0.4 is 19.2 Å². The molecule has 4 rings (SSSR count). The van der Waals surface area contributed by atoms with Gasteiger partial charge < -0.3 is 9.47 Å². The molecule has 0 atom stereocenters. The molecule has 1 N–H and O–H groups in total. The second-order valence-corrected chi connectivity index (χ2v) is 10.0. The van der Waals surface area contributed by atoms with Gasteiger partial charge in [0, 0.05) is 10.0 Å². The first kappa shape index (κ1) is 23.8. The number of nitrogens with zero attached hydrogens (tertiary/aromatic N) is 2. The minimum absolute atomic E-state index is 0.0986. The molecule has 0 unspecified atom stereocenters. The van der Waals surface area contributed by atoms with Gasteiger partial charge in [0.1, 0.15) is 6.54 Å². The normalized spacial score (nSPS) is 12.6. The van der Waals surface area contributed by atoms with Crippen molar-refractivity contribution >= 4 is 43.8 Å². The van der Waals surface area contributed by atoms with Gasteiger partial charge in [0.05, 0.1) is 16.8 Å². The summed E-state index contributed by atoms with van der Waals surface area (Å²) in [4.78, 5) is 12.9. The van der Waals surface area contributed by atoms with Crippen LogP contribution in [-0.4, -0.2) is 33.9 Å². The highest BCUT2D eigenvalue weighted by atomic mass is 79.9.